The topological polar surface area (TPSA) is 55.6 Å². The first-order chi connectivity index (χ1) is 12.7. The third kappa shape index (κ3) is 4.42. The number of pyridine rings is 1. The van der Waals surface area contributed by atoms with Crippen molar-refractivity contribution in [3.8, 4) is 5.75 Å². The normalized spacial score (nSPS) is 12.1. The number of carbonyl (C=O) groups is 1. The third-order valence-corrected chi connectivity index (χ3v) is 4.54. The maximum atomic E-state index is 12.1. The summed E-state index contributed by atoms with van der Waals surface area (Å²) >= 11 is 0. The van der Waals surface area contributed by atoms with Gasteiger partial charge in [0.1, 0.15) is 11.4 Å². The quantitative estimate of drug-likeness (QED) is 0.675. The highest BCUT2D eigenvalue weighted by atomic mass is 16.5. The fraction of sp³-hybridized carbons (Fsp3) is 0.333. The number of aromatic nitrogens is 2. The van der Waals surface area contributed by atoms with Gasteiger partial charge < -0.3 is 14.5 Å². The summed E-state index contributed by atoms with van der Waals surface area (Å²) in [7, 11) is 0. The number of fused-ring (bicyclic) bond motifs is 1. The van der Waals surface area contributed by atoms with Gasteiger partial charge >= 0.3 is 0 Å². The van der Waals surface area contributed by atoms with Crippen LogP contribution in [-0.2, 0) is 11.2 Å². The lowest BCUT2D eigenvalue weighted by atomic mass is 9.98. The van der Waals surface area contributed by atoms with Crippen LogP contribution in [0.25, 0.3) is 5.65 Å². The number of hydrogen-bond donors (Lipinski definition) is 1. The van der Waals surface area contributed by atoms with Gasteiger partial charge in [-0.1, -0.05) is 38.1 Å². The zero-order chi connectivity index (χ0) is 18.4. The molecule has 1 unspecified atom stereocenters. The number of rotatable bonds is 8. The van der Waals surface area contributed by atoms with E-state index in [2.05, 4.69) is 30.2 Å². The standard InChI is InChI=1S/C21H25N3O2/c1-3-16(2)18-8-4-5-9-19(18)26-15-21(25)22-12-11-17-14-24-13-7-6-10-20(24)23-17/h4-10,13-14,16H,3,11-12,15H2,1-2H3,(H,22,25). The summed E-state index contributed by atoms with van der Waals surface area (Å²) in [6.07, 6.45) is 5.68. The number of benzene rings is 1. The van der Waals surface area contributed by atoms with Crippen molar-refractivity contribution in [3.63, 3.8) is 0 Å². The van der Waals surface area contributed by atoms with Gasteiger partial charge in [0.2, 0.25) is 0 Å². The summed E-state index contributed by atoms with van der Waals surface area (Å²) in [5.41, 5.74) is 3.02. The van der Waals surface area contributed by atoms with Crippen LogP contribution >= 0.6 is 0 Å². The number of nitrogens with zero attached hydrogens (tertiary/aromatic N) is 2. The molecule has 26 heavy (non-hydrogen) atoms. The van der Waals surface area contributed by atoms with Crippen LogP contribution in [0.4, 0.5) is 0 Å². The van der Waals surface area contributed by atoms with Crippen molar-refractivity contribution in [1.82, 2.24) is 14.7 Å². The Balaban J connectivity index is 1.47. The molecule has 5 heteroatoms. The fourth-order valence-electron chi connectivity index (χ4n) is 2.87. The predicted octanol–water partition coefficient (Wildman–Crippen LogP) is 3.59. The molecule has 1 amide bonds. The summed E-state index contributed by atoms with van der Waals surface area (Å²) in [4.78, 5) is 16.6. The van der Waals surface area contributed by atoms with Crippen molar-refractivity contribution in [2.45, 2.75) is 32.6 Å². The molecule has 1 N–H and O–H groups in total. The molecule has 0 bridgehead atoms. The van der Waals surface area contributed by atoms with Crippen LogP contribution in [0.3, 0.4) is 0 Å². The number of hydrogen-bond acceptors (Lipinski definition) is 3. The zero-order valence-corrected chi connectivity index (χ0v) is 15.3. The molecule has 5 nitrogen and oxygen atoms in total. The number of amides is 1. The second-order valence-electron chi connectivity index (χ2n) is 6.43. The number of carbonyl (C=O) groups excluding carboxylic acids is 1. The van der Waals surface area contributed by atoms with Crippen molar-refractivity contribution in [2.24, 2.45) is 0 Å². The van der Waals surface area contributed by atoms with Gasteiger partial charge in [-0.05, 0) is 36.1 Å². The summed E-state index contributed by atoms with van der Waals surface area (Å²) in [5.74, 6) is 1.08. The largest absolute Gasteiger partial charge is 0.483 e. The molecule has 3 rings (SSSR count). The molecule has 3 aromatic rings. The lowest BCUT2D eigenvalue weighted by molar-refractivity contribution is -0.123. The molecule has 0 aliphatic heterocycles. The molecule has 0 saturated heterocycles. The average molecular weight is 351 g/mol. The van der Waals surface area contributed by atoms with Crippen molar-refractivity contribution in [2.75, 3.05) is 13.2 Å². The Morgan fingerprint density at radius 3 is 2.85 bits per heavy atom. The molecule has 0 aliphatic rings. The second kappa shape index (κ2) is 8.52. The van der Waals surface area contributed by atoms with E-state index in [9.17, 15) is 4.79 Å². The molecule has 0 spiro atoms. The van der Waals surface area contributed by atoms with Crippen molar-refractivity contribution in [1.29, 1.82) is 0 Å². The van der Waals surface area contributed by atoms with Gasteiger partial charge in [0.25, 0.3) is 5.91 Å². The fourth-order valence-corrected chi connectivity index (χ4v) is 2.87. The minimum Gasteiger partial charge on any atom is -0.483 e. The van der Waals surface area contributed by atoms with Gasteiger partial charge in [-0.25, -0.2) is 4.98 Å². The maximum absolute atomic E-state index is 12.1. The second-order valence-corrected chi connectivity index (χ2v) is 6.43. The third-order valence-electron chi connectivity index (χ3n) is 4.54. The number of para-hydroxylation sites is 1. The van der Waals surface area contributed by atoms with Crippen molar-refractivity contribution < 1.29 is 9.53 Å². The van der Waals surface area contributed by atoms with E-state index < -0.39 is 0 Å². The van der Waals surface area contributed by atoms with E-state index >= 15 is 0 Å². The van der Waals surface area contributed by atoms with Crippen LogP contribution in [0.2, 0.25) is 0 Å². The highest BCUT2D eigenvalue weighted by Crippen LogP contribution is 2.28. The Morgan fingerprint density at radius 1 is 1.23 bits per heavy atom. The first kappa shape index (κ1) is 18.0. The van der Waals surface area contributed by atoms with Crippen LogP contribution in [0.1, 0.15) is 37.4 Å². The van der Waals surface area contributed by atoms with E-state index in [4.69, 9.17) is 4.74 Å². The molecule has 136 valence electrons. The minimum absolute atomic E-state index is 0.0264. The lowest BCUT2D eigenvalue weighted by Crippen LogP contribution is -2.30. The van der Waals surface area contributed by atoms with Gasteiger partial charge in [-0.3, -0.25) is 4.79 Å². The Bertz CT molecular complexity index is 839. The van der Waals surface area contributed by atoms with Gasteiger partial charge in [0, 0.05) is 25.4 Å². The van der Waals surface area contributed by atoms with E-state index in [0.717, 1.165) is 29.1 Å². The van der Waals surface area contributed by atoms with Crippen LogP contribution in [-0.4, -0.2) is 28.4 Å². The minimum atomic E-state index is -0.118. The summed E-state index contributed by atoms with van der Waals surface area (Å²) in [5, 5.41) is 2.90. The van der Waals surface area contributed by atoms with E-state index in [1.165, 1.54) is 0 Å². The summed E-state index contributed by atoms with van der Waals surface area (Å²) in [6, 6.07) is 13.8. The van der Waals surface area contributed by atoms with Crippen molar-refractivity contribution in [3.05, 3.63) is 66.1 Å². The monoisotopic (exact) mass is 351 g/mol. The summed E-state index contributed by atoms with van der Waals surface area (Å²) in [6.45, 7) is 4.88. The SMILES string of the molecule is CCC(C)c1ccccc1OCC(=O)NCCc1cn2ccccc2n1. The predicted molar refractivity (Wildman–Crippen MR) is 103 cm³/mol. The number of imidazole rings is 1. The maximum Gasteiger partial charge on any atom is 0.257 e. The highest BCUT2D eigenvalue weighted by molar-refractivity contribution is 5.77. The molecule has 1 atom stereocenters. The van der Waals surface area contributed by atoms with Gasteiger partial charge in [0.05, 0.1) is 5.69 Å². The van der Waals surface area contributed by atoms with E-state index in [1.54, 1.807) is 0 Å². The van der Waals surface area contributed by atoms with Gasteiger partial charge in [0.15, 0.2) is 6.61 Å². The first-order valence-corrected chi connectivity index (χ1v) is 9.08. The number of nitrogens with one attached hydrogen (secondary N) is 1. The van der Waals surface area contributed by atoms with Crippen LogP contribution in [0.5, 0.6) is 5.75 Å². The zero-order valence-electron chi connectivity index (χ0n) is 15.3. The first-order valence-electron chi connectivity index (χ1n) is 9.08. The molecule has 1 aromatic carbocycles. The lowest BCUT2D eigenvalue weighted by Gasteiger charge is -2.15. The van der Waals surface area contributed by atoms with Gasteiger partial charge in [-0.15, -0.1) is 0 Å². The molecule has 2 aromatic heterocycles. The molecule has 0 radical (unpaired) electrons. The van der Waals surface area contributed by atoms with E-state index in [0.29, 0.717) is 18.9 Å². The van der Waals surface area contributed by atoms with Crippen LogP contribution < -0.4 is 10.1 Å². The highest BCUT2D eigenvalue weighted by Gasteiger charge is 2.11. The van der Waals surface area contributed by atoms with Crippen LogP contribution in [0.15, 0.2) is 54.9 Å². The molecule has 0 fully saturated rings. The average Bonchev–Trinajstić information content (AvgIpc) is 3.08. The molecule has 2 heterocycles. The van der Waals surface area contributed by atoms with E-state index in [1.807, 2.05) is 53.2 Å². The van der Waals surface area contributed by atoms with Crippen molar-refractivity contribution >= 4 is 11.6 Å². The molecule has 0 aliphatic carbocycles. The Kier molecular flexibility index (Phi) is 5.89. The Labute approximate surface area is 154 Å². The molecule has 0 saturated carbocycles. The smallest absolute Gasteiger partial charge is 0.257 e. The number of ether oxygens (including phenoxy) is 1. The molecular formula is C21H25N3O2. The Hall–Kier alpha value is -2.82. The van der Waals surface area contributed by atoms with E-state index in [-0.39, 0.29) is 12.5 Å². The summed E-state index contributed by atoms with van der Waals surface area (Å²) < 4.78 is 7.72. The van der Waals surface area contributed by atoms with Gasteiger partial charge in [-0.2, -0.15) is 0 Å². The molecular weight excluding hydrogens is 326 g/mol. The Morgan fingerprint density at radius 2 is 2.04 bits per heavy atom. The van der Waals surface area contributed by atoms with Crippen LogP contribution in [0, 0.1) is 0 Å².